The standard InChI is InChI=1S/C21H28N4O4Si/c1-29-16-9-5-14(6-10-16)20(24-19(26)13-18(22)25-28)21(27)23-15-7-11-17(12-8-15)30(2,3)4/h5-12,20,28H,13H2,1-4H3,(H2,22,25)(H,23,27)(H,24,26). The van der Waals surface area contributed by atoms with E-state index >= 15 is 0 Å². The minimum absolute atomic E-state index is 0.247. The van der Waals surface area contributed by atoms with E-state index in [-0.39, 0.29) is 12.3 Å². The molecule has 2 aromatic carbocycles. The van der Waals surface area contributed by atoms with Gasteiger partial charge in [-0.05, 0) is 29.8 Å². The Morgan fingerprint density at radius 2 is 1.70 bits per heavy atom. The molecule has 2 rings (SSSR count). The van der Waals surface area contributed by atoms with Gasteiger partial charge in [-0.3, -0.25) is 9.59 Å². The van der Waals surface area contributed by atoms with Crippen molar-refractivity contribution >= 4 is 36.6 Å². The fourth-order valence-corrected chi connectivity index (χ4v) is 3.94. The van der Waals surface area contributed by atoms with E-state index in [1.54, 1.807) is 31.4 Å². The minimum Gasteiger partial charge on any atom is -0.497 e. The van der Waals surface area contributed by atoms with Gasteiger partial charge in [0.2, 0.25) is 5.91 Å². The van der Waals surface area contributed by atoms with Crippen LogP contribution >= 0.6 is 0 Å². The molecule has 0 spiro atoms. The maximum absolute atomic E-state index is 13.0. The van der Waals surface area contributed by atoms with Crippen molar-refractivity contribution in [3.63, 3.8) is 0 Å². The first-order valence-electron chi connectivity index (χ1n) is 9.45. The highest BCUT2D eigenvalue weighted by Gasteiger charge is 2.24. The highest BCUT2D eigenvalue weighted by atomic mass is 28.3. The van der Waals surface area contributed by atoms with Crippen LogP contribution in [0.3, 0.4) is 0 Å². The van der Waals surface area contributed by atoms with E-state index in [0.29, 0.717) is 17.0 Å². The topological polar surface area (TPSA) is 126 Å². The number of methoxy groups -OCH3 is 1. The number of nitrogens with zero attached hydrogens (tertiary/aromatic N) is 1. The molecule has 8 nitrogen and oxygen atoms in total. The van der Waals surface area contributed by atoms with Gasteiger partial charge in [0.1, 0.15) is 17.6 Å². The molecule has 0 heterocycles. The Hall–Kier alpha value is -3.33. The van der Waals surface area contributed by atoms with Gasteiger partial charge >= 0.3 is 0 Å². The van der Waals surface area contributed by atoms with E-state index in [1.165, 1.54) is 5.19 Å². The van der Waals surface area contributed by atoms with E-state index in [4.69, 9.17) is 15.7 Å². The summed E-state index contributed by atoms with van der Waals surface area (Å²) in [7, 11) is 0.0977. The second-order valence-corrected chi connectivity index (χ2v) is 12.9. The molecular weight excluding hydrogens is 400 g/mol. The molecule has 0 saturated carbocycles. The zero-order chi connectivity index (χ0) is 22.3. The van der Waals surface area contributed by atoms with Crippen molar-refractivity contribution in [2.45, 2.75) is 32.1 Å². The normalized spacial score (nSPS) is 12.7. The monoisotopic (exact) mass is 428 g/mol. The first kappa shape index (κ1) is 23.0. The van der Waals surface area contributed by atoms with Crippen molar-refractivity contribution < 1.29 is 19.5 Å². The van der Waals surface area contributed by atoms with Crippen molar-refractivity contribution in [2.75, 3.05) is 12.4 Å². The number of carbonyl (C=O) groups is 2. The van der Waals surface area contributed by atoms with E-state index in [9.17, 15) is 9.59 Å². The molecular formula is C21H28N4O4Si. The number of anilines is 1. The van der Waals surface area contributed by atoms with Crippen LogP contribution in [0.15, 0.2) is 53.7 Å². The second kappa shape index (κ2) is 9.93. The van der Waals surface area contributed by atoms with Crippen LogP contribution in [0.4, 0.5) is 5.69 Å². The number of nitrogens with two attached hydrogens (primary N) is 1. The Morgan fingerprint density at radius 3 is 2.20 bits per heavy atom. The SMILES string of the molecule is COc1ccc(C(NC(=O)CC(N)=NO)C(=O)Nc2ccc([Si](C)(C)C)cc2)cc1. The van der Waals surface area contributed by atoms with Crippen LogP contribution in [0.2, 0.25) is 19.6 Å². The molecule has 0 aromatic heterocycles. The lowest BCUT2D eigenvalue weighted by Crippen LogP contribution is -2.39. The zero-order valence-corrected chi connectivity index (χ0v) is 18.6. The third-order valence-electron chi connectivity index (χ3n) is 4.51. The van der Waals surface area contributed by atoms with Crippen LogP contribution in [0.1, 0.15) is 18.0 Å². The summed E-state index contributed by atoms with van der Waals surface area (Å²) < 4.78 is 5.15. The van der Waals surface area contributed by atoms with Gasteiger partial charge in [-0.2, -0.15) is 0 Å². The van der Waals surface area contributed by atoms with E-state index in [2.05, 4.69) is 35.4 Å². The fourth-order valence-electron chi connectivity index (χ4n) is 2.78. The van der Waals surface area contributed by atoms with Crippen LogP contribution in [0.25, 0.3) is 0 Å². The van der Waals surface area contributed by atoms with Gasteiger partial charge < -0.3 is 26.3 Å². The molecule has 0 aliphatic heterocycles. The van der Waals surface area contributed by atoms with E-state index < -0.39 is 25.9 Å². The number of carbonyl (C=O) groups excluding carboxylic acids is 2. The molecule has 1 unspecified atom stereocenters. The Labute approximate surface area is 177 Å². The molecule has 2 aromatic rings. The lowest BCUT2D eigenvalue weighted by molar-refractivity contribution is -0.125. The molecule has 9 heteroatoms. The number of benzene rings is 2. The van der Waals surface area contributed by atoms with Crippen LogP contribution in [-0.4, -0.2) is 38.0 Å². The summed E-state index contributed by atoms with van der Waals surface area (Å²) in [5.74, 6) is -0.574. The van der Waals surface area contributed by atoms with Crippen molar-refractivity contribution in [3.05, 3.63) is 54.1 Å². The third-order valence-corrected chi connectivity index (χ3v) is 6.57. The summed E-state index contributed by atoms with van der Waals surface area (Å²) in [6.07, 6.45) is -0.332. The molecule has 5 N–H and O–H groups in total. The number of rotatable bonds is 8. The van der Waals surface area contributed by atoms with Crippen molar-refractivity contribution in [1.29, 1.82) is 0 Å². The molecule has 1 atom stereocenters. The van der Waals surface area contributed by atoms with Gasteiger partial charge in [0, 0.05) is 5.69 Å². The molecule has 0 aliphatic carbocycles. The largest absolute Gasteiger partial charge is 0.497 e. The zero-order valence-electron chi connectivity index (χ0n) is 17.6. The quantitative estimate of drug-likeness (QED) is 0.169. The lowest BCUT2D eigenvalue weighted by Gasteiger charge is -2.20. The smallest absolute Gasteiger partial charge is 0.251 e. The average Bonchev–Trinajstić information content (AvgIpc) is 2.71. The number of nitrogens with one attached hydrogen (secondary N) is 2. The van der Waals surface area contributed by atoms with Gasteiger partial charge in [0.15, 0.2) is 0 Å². The summed E-state index contributed by atoms with van der Waals surface area (Å²) in [6, 6.07) is 13.6. The molecule has 0 bridgehead atoms. The van der Waals surface area contributed by atoms with Gasteiger partial charge in [-0.1, -0.05) is 54.2 Å². The van der Waals surface area contributed by atoms with Gasteiger partial charge in [0.05, 0.1) is 21.6 Å². The summed E-state index contributed by atoms with van der Waals surface area (Å²) in [4.78, 5) is 25.2. The number of hydrogen-bond donors (Lipinski definition) is 4. The molecule has 2 amide bonds. The maximum atomic E-state index is 13.0. The minimum atomic E-state index is -1.45. The van der Waals surface area contributed by atoms with Crippen LogP contribution in [-0.2, 0) is 9.59 Å². The summed E-state index contributed by atoms with van der Waals surface area (Å²) in [6.45, 7) is 6.74. The maximum Gasteiger partial charge on any atom is 0.251 e. The summed E-state index contributed by atoms with van der Waals surface area (Å²) in [5, 5.41) is 18.2. The Bertz CT molecular complexity index is 906. The number of amidine groups is 1. The predicted molar refractivity (Wildman–Crippen MR) is 120 cm³/mol. The van der Waals surface area contributed by atoms with Gasteiger partial charge in [0.25, 0.3) is 5.91 Å². The molecule has 0 aliphatic rings. The Balaban J connectivity index is 2.23. The number of ether oxygens (including phenoxy) is 1. The first-order valence-corrected chi connectivity index (χ1v) is 12.9. The second-order valence-electron chi connectivity index (χ2n) is 7.86. The van der Waals surface area contributed by atoms with E-state index in [1.807, 2.05) is 24.3 Å². The first-order chi connectivity index (χ1) is 14.1. The highest BCUT2D eigenvalue weighted by Crippen LogP contribution is 2.20. The van der Waals surface area contributed by atoms with Gasteiger partial charge in [-0.25, -0.2) is 0 Å². The lowest BCUT2D eigenvalue weighted by atomic mass is 10.1. The van der Waals surface area contributed by atoms with Crippen LogP contribution < -0.4 is 26.3 Å². The van der Waals surface area contributed by atoms with Crippen molar-refractivity contribution in [1.82, 2.24) is 5.32 Å². The Morgan fingerprint density at radius 1 is 1.10 bits per heavy atom. The number of hydrogen-bond acceptors (Lipinski definition) is 5. The summed E-state index contributed by atoms with van der Waals surface area (Å²) in [5.41, 5.74) is 6.60. The third kappa shape index (κ3) is 6.34. The van der Waals surface area contributed by atoms with Crippen LogP contribution in [0, 0.1) is 0 Å². The van der Waals surface area contributed by atoms with Crippen LogP contribution in [0.5, 0.6) is 5.75 Å². The van der Waals surface area contributed by atoms with Crippen molar-refractivity contribution in [3.8, 4) is 5.75 Å². The van der Waals surface area contributed by atoms with E-state index in [0.717, 1.165) is 0 Å². The molecule has 0 saturated heterocycles. The fraction of sp³-hybridized carbons (Fsp3) is 0.286. The van der Waals surface area contributed by atoms with Crippen molar-refractivity contribution in [2.24, 2.45) is 10.9 Å². The summed E-state index contributed by atoms with van der Waals surface area (Å²) >= 11 is 0. The molecule has 0 fully saturated rings. The molecule has 30 heavy (non-hydrogen) atoms. The highest BCUT2D eigenvalue weighted by molar-refractivity contribution is 6.88. The van der Waals surface area contributed by atoms with Gasteiger partial charge in [-0.15, -0.1) is 0 Å². The number of amides is 2. The molecule has 160 valence electrons. The predicted octanol–water partition coefficient (Wildman–Crippen LogP) is 2.17. The molecule has 0 radical (unpaired) electrons. The number of oxime groups is 1. The Kier molecular flexibility index (Phi) is 7.59. The average molecular weight is 429 g/mol.